The summed E-state index contributed by atoms with van der Waals surface area (Å²) in [5.74, 6) is -0.365. The van der Waals surface area contributed by atoms with Gasteiger partial charge >= 0.3 is 0 Å². The topological polar surface area (TPSA) is 81.0 Å². The average molecular weight is 223 g/mol. The van der Waals surface area contributed by atoms with Crippen molar-refractivity contribution in [3.05, 3.63) is 35.4 Å². The number of nitrogens with zero attached hydrogens (tertiary/aromatic N) is 1. The van der Waals surface area contributed by atoms with Gasteiger partial charge in [-0.25, -0.2) is 0 Å². The first-order valence-electron chi connectivity index (χ1n) is 5.02. The van der Waals surface area contributed by atoms with Crippen molar-refractivity contribution in [2.45, 2.75) is 12.3 Å². The van der Waals surface area contributed by atoms with E-state index in [0.29, 0.717) is 11.1 Å². The fraction of sp³-hybridized carbons (Fsp3) is 0.364. The van der Waals surface area contributed by atoms with Crippen molar-refractivity contribution in [3.8, 4) is 0 Å². The second-order valence-electron chi connectivity index (χ2n) is 3.69. The molecule has 1 heterocycles. The van der Waals surface area contributed by atoms with E-state index in [0.717, 1.165) is 4.90 Å². The van der Waals surface area contributed by atoms with Gasteiger partial charge in [-0.15, -0.1) is 0 Å². The number of rotatable bonds is 3. The zero-order chi connectivity index (χ0) is 11.7. The molecule has 86 valence electrons. The van der Waals surface area contributed by atoms with Gasteiger partial charge in [-0.2, -0.15) is 0 Å². The zero-order valence-electron chi connectivity index (χ0n) is 8.58. The van der Waals surface area contributed by atoms with Crippen molar-refractivity contribution >= 4 is 5.91 Å². The molecule has 0 aromatic heterocycles. The Morgan fingerprint density at radius 2 is 1.88 bits per heavy atom. The van der Waals surface area contributed by atoms with Crippen LogP contribution in [-0.4, -0.2) is 45.4 Å². The molecular formula is C11H13NO4. The molecule has 0 saturated heterocycles. The molecule has 5 heteroatoms. The summed E-state index contributed by atoms with van der Waals surface area (Å²) >= 11 is 0. The van der Waals surface area contributed by atoms with Gasteiger partial charge in [0.25, 0.3) is 5.91 Å². The molecule has 0 radical (unpaired) electrons. The van der Waals surface area contributed by atoms with Crippen molar-refractivity contribution < 1.29 is 20.1 Å². The lowest BCUT2D eigenvalue weighted by Gasteiger charge is -2.27. The first-order valence-corrected chi connectivity index (χ1v) is 5.02. The smallest absolute Gasteiger partial charge is 0.257 e. The van der Waals surface area contributed by atoms with Crippen LogP contribution in [0.4, 0.5) is 0 Å². The second-order valence-corrected chi connectivity index (χ2v) is 3.69. The summed E-state index contributed by atoms with van der Waals surface area (Å²) in [6.45, 7) is -0.763. The molecule has 1 aromatic rings. The summed E-state index contributed by atoms with van der Waals surface area (Å²) in [5.41, 5.74) is 0.932. The Balaban J connectivity index is 2.38. The number of hydrogen-bond acceptors (Lipinski definition) is 4. The van der Waals surface area contributed by atoms with Crippen molar-refractivity contribution in [1.82, 2.24) is 4.90 Å². The van der Waals surface area contributed by atoms with E-state index in [9.17, 15) is 9.90 Å². The fourth-order valence-corrected chi connectivity index (χ4v) is 1.92. The fourth-order valence-electron chi connectivity index (χ4n) is 1.92. The van der Waals surface area contributed by atoms with E-state index in [4.69, 9.17) is 10.2 Å². The molecule has 0 bridgehead atoms. The minimum Gasteiger partial charge on any atom is -0.394 e. The van der Waals surface area contributed by atoms with E-state index >= 15 is 0 Å². The lowest BCUT2D eigenvalue weighted by atomic mass is 10.1. The van der Waals surface area contributed by atoms with Gasteiger partial charge in [-0.05, 0) is 6.07 Å². The summed E-state index contributed by atoms with van der Waals surface area (Å²) < 4.78 is 0. The van der Waals surface area contributed by atoms with Gasteiger partial charge in [0.05, 0.1) is 19.3 Å². The van der Waals surface area contributed by atoms with E-state index in [1.165, 1.54) is 0 Å². The highest BCUT2D eigenvalue weighted by Crippen LogP contribution is 2.32. The summed E-state index contributed by atoms with van der Waals surface area (Å²) in [7, 11) is 0. The Hall–Kier alpha value is -1.43. The van der Waals surface area contributed by atoms with Crippen LogP contribution in [0.5, 0.6) is 0 Å². The number of aliphatic hydroxyl groups excluding tert-OH is 3. The molecule has 0 aliphatic carbocycles. The maximum atomic E-state index is 11.9. The molecule has 3 N–H and O–H groups in total. The largest absolute Gasteiger partial charge is 0.394 e. The summed E-state index contributed by atoms with van der Waals surface area (Å²) in [6, 6.07) is 5.94. The lowest BCUT2D eigenvalue weighted by molar-refractivity contribution is -0.0287. The monoisotopic (exact) mass is 223 g/mol. The Morgan fingerprint density at radius 1 is 1.25 bits per heavy atom. The molecule has 1 amide bonds. The molecule has 1 atom stereocenters. The molecular weight excluding hydrogens is 210 g/mol. The highest BCUT2D eigenvalue weighted by Gasteiger charge is 2.38. The highest BCUT2D eigenvalue weighted by atomic mass is 16.3. The standard InChI is InChI=1S/C11H13NO4/c13-5-7(6-14)12-10(15)8-3-1-2-4-9(8)11(12)16/h1-4,7,10,13-15H,5-6H2. The lowest BCUT2D eigenvalue weighted by Crippen LogP contribution is -2.43. The van der Waals surface area contributed by atoms with Crippen molar-refractivity contribution in [2.75, 3.05) is 13.2 Å². The quantitative estimate of drug-likeness (QED) is 0.644. The first-order chi connectivity index (χ1) is 7.70. The van der Waals surface area contributed by atoms with Crippen molar-refractivity contribution in [3.63, 3.8) is 0 Å². The van der Waals surface area contributed by atoms with Gasteiger partial charge in [0.15, 0.2) is 6.23 Å². The van der Waals surface area contributed by atoms with Crippen LogP contribution in [0, 0.1) is 0 Å². The van der Waals surface area contributed by atoms with Crippen LogP contribution in [0.15, 0.2) is 24.3 Å². The van der Waals surface area contributed by atoms with Gasteiger partial charge in [0.1, 0.15) is 0 Å². The SMILES string of the molecule is O=C1c2ccccc2C(O)N1C(CO)CO. The molecule has 1 unspecified atom stereocenters. The van der Waals surface area contributed by atoms with E-state index in [1.807, 2.05) is 0 Å². The van der Waals surface area contributed by atoms with E-state index in [1.54, 1.807) is 24.3 Å². The Morgan fingerprint density at radius 3 is 2.44 bits per heavy atom. The molecule has 2 rings (SSSR count). The van der Waals surface area contributed by atoms with Crippen LogP contribution in [0.1, 0.15) is 22.1 Å². The third kappa shape index (κ3) is 1.49. The van der Waals surface area contributed by atoms with Gasteiger partial charge in [0.2, 0.25) is 0 Å². The minimum atomic E-state index is -1.09. The number of hydrogen-bond donors (Lipinski definition) is 3. The zero-order valence-corrected chi connectivity index (χ0v) is 8.58. The Kier molecular flexibility index (Phi) is 2.91. The van der Waals surface area contributed by atoms with E-state index in [-0.39, 0.29) is 19.1 Å². The van der Waals surface area contributed by atoms with Gasteiger partial charge < -0.3 is 20.2 Å². The molecule has 0 fully saturated rings. The molecule has 5 nitrogen and oxygen atoms in total. The molecule has 1 aliphatic rings. The Labute approximate surface area is 92.6 Å². The number of fused-ring (bicyclic) bond motifs is 1. The van der Waals surface area contributed by atoms with Crippen LogP contribution in [-0.2, 0) is 0 Å². The molecule has 1 aromatic carbocycles. The van der Waals surface area contributed by atoms with Gasteiger partial charge in [-0.3, -0.25) is 4.79 Å². The summed E-state index contributed by atoms with van der Waals surface area (Å²) in [6.07, 6.45) is -1.09. The second kappa shape index (κ2) is 4.21. The number of carbonyl (C=O) groups is 1. The highest BCUT2D eigenvalue weighted by molar-refractivity contribution is 5.99. The average Bonchev–Trinajstić information content (AvgIpc) is 2.57. The van der Waals surface area contributed by atoms with Crippen LogP contribution in [0.2, 0.25) is 0 Å². The van der Waals surface area contributed by atoms with Crippen LogP contribution < -0.4 is 0 Å². The van der Waals surface area contributed by atoms with E-state index < -0.39 is 12.3 Å². The molecule has 0 saturated carbocycles. The maximum absolute atomic E-state index is 11.9. The summed E-state index contributed by atoms with van der Waals surface area (Å²) in [4.78, 5) is 13.0. The first kappa shape index (κ1) is 11.1. The number of amides is 1. The number of benzene rings is 1. The molecule has 1 aliphatic heterocycles. The third-order valence-electron chi connectivity index (χ3n) is 2.78. The Bertz CT molecular complexity index is 403. The van der Waals surface area contributed by atoms with Crippen molar-refractivity contribution in [2.24, 2.45) is 0 Å². The van der Waals surface area contributed by atoms with Crippen LogP contribution in [0.3, 0.4) is 0 Å². The summed E-state index contributed by atoms with van der Waals surface area (Å²) in [5, 5.41) is 28.0. The predicted molar refractivity (Wildman–Crippen MR) is 55.5 cm³/mol. The maximum Gasteiger partial charge on any atom is 0.257 e. The molecule has 0 spiro atoms. The van der Waals surface area contributed by atoms with Gasteiger partial charge in [0, 0.05) is 11.1 Å². The van der Waals surface area contributed by atoms with Gasteiger partial charge in [-0.1, -0.05) is 18.2 Å². The normalized spacial score (nSPS) is 19.4. The minimum absolute atomic E-state index is 0.365. The van der Waals surface area contributed by atoms with Crippen LogP contribution >= 0.6 is 0 Å². The third-order valence-corrected chi connectivity index (χ3v) is 2.78. The van der Waals surface area contributed by atoms with Crippen LogP contribution in [0.25, 0.3) is 0 Å². The molecule has 16 heavy (non-hydrogen) atoms. The predicted octanol–water partition coefficient (Wildman–Crippen LogP) is -0.513. The van der Waals surface area contributed by atoms with Crippen molar-refractivity contribution in [1.29, 1.82) is 0 Å². The number of aliphatic hydroxyl groups is 3. The number of carbonyl (C=O) groups excluding carboxylic acids is 1. The van der Waals surface area contributed by atoms with E-state index in [2.05, 4.69) is 0 Å².